The molecule has 17 heavy (non-hydrogen) atoms. The van der Waals surface area contributed by atoms with Crippen molar-refractivity contribution in [2.45, 2.75) is 6.42 Å². The van der Waals surface area contributed by atoms with E-state index in [2.05, 4.69) is 5.32 Å². The fourth-order valence-electron chi connectivity index (χ4n) is 1.46. The van der Waals surface area contributed by atoms with Gasteiger partial charge in [-0.15, -0.1) is 0 Å². The number of nitrogens with one attached hydrogen (secondary N) is 1. The van der Waals surface area contributed by atoms with Crippen LogP contribution in [0.25, 0.3) is 0 Å². The second-order valence-electron chi connectivity index (χ2n) is 3.58. The van der Waals surface area contributed by atoms with Gasteiger partial charge in [-0.05, 0) is 24.1 Å². The van der Waals surface area contributed by atoms with Crippen LogP contribution in [0, 0.1) is 0 Å². The van der Waals surface area contributed by atoms with Gasteiger partial charge < -0.3 is 10.2 Å². The Labute approximate surface area is 99.8 Å². The lowest BCUT2D eigenvalue weighted by molar-refractivity contribution is 0.134. The van der Waals surface area contributed by atoms with E-state index in [0.717, 1.165) is 6.42 Å². The molecule has 4 nitrogen and oxygen atoms in total. The van der Waals surface area contributed by atoms with Crippen LogP contribution < -0.4 is 10.2 Å². The third kappa shape index (κ3) is 3.68. The van der Waals surface area contributed by atoms with E-state index in [4.69, 9.17) is 4.84 Å². The first-order valence-corrected chi connectivity index (χ1v) is 5.48. The van der Waals surface area contributed by atoms with E-state index < -0.39 is 6.09 Å². The molecule has 0 saturated carbocycles. The molecule has 0 fully saturated rings. The van der Waals surface area contributed by atoms with Gasteiger partial charge in [-0.2, -0.15) is 4.73 Å². The van der Waals surface area contributed by atoms with Gasteiger partial charge >= 0.3 is 6.09 Å². The van der Waals surface area contributed by atoms with Crippen molar-refractivity contribution in [2.24, 2.45) is 0 Å². The van der Waals surface area contributed by atoms with Crippen LogP contribution in [0.2, 0.25) is 0 Å². The molecular weight excluding hydrogens is 216 g/mol. The smallest absolute Gasteiger partial charge is 0.319 e. The average molecular weight is 230 g/mol. The second-order valence-corrected chi connectivity index (χ2v) is 3.58. The summed E-state index contributed by atoms with van der Waals surface area (Å²) < 4.78 is 1.36. The second kappa shape index (κ2) is 5.75. The normalized spacial score (nSPS) is 9.88. The highest BCUT2D eigenvalue weighted by Gasteiger charge is 2.01. The molecule has 0 unspecified atom stereocenters. The molecule has 0 saturated heterocycles. The summed E-state index contributed by atoms with van der Waals surface area (Å²) in [5.74, 6) is 0. The van der Waals surface area contributed by atoms with E-state index in [9.17, 15) is 4.79 Å². The van der Waals surface area contributed by atoms with E-state index in [-0.39, 0.29) is 0 Å². The molecule has 1 aromatic heterocycles. The van der Waals surface area contributed by atoms with Crippen molar-refractivity contribution in [2.75, 3.05) is 6.54 Å². The van der Waals surface area contributed by atoms with Crippen molar-refractivity contribution in [1.29, 1.82) is 0 Å². The summed E-state index contributed by atoms with van der Waals surface area (Å²) in [6.07, 6.45) is 3.67. The Bertz CT molecular complexity index is 452. The van der Waals surface area contributed by atoms with Crippen molar-refractivity contribution < 1.29 is 9.63 Å². The molecule has 1 heterocycles. The number of carbonyl (C=O) groups is 1. The Balaban J connectivity index is 1.70. The number of hydrogen-bond donors (Lipinski definition) is 1. The molecule has 0 aliphatic heterocycles. The summed E-state index contributed by atoms with van der Waals surface area (Å²) in [4.78, 5) is 16.3. The van der Waals surface area contributed by atoms with Crippen LogP contribution in [0.4, 0.5) is 4.79 Å². The highest BCUT2D eigenvalue weighted by molar-refractivity contribution is 5.67. The first kappa shape index (κ1) is 11.3. The average Bonchev–Trinajstić information content (AvgIpc) is 2.83. The number of aromatic nitrogens is 1. The number of hydrogen-bond acceptors (Lipinski definition) is 2. The van der Waals surface area contributed by atoms with Gasteiger partial charge in [0, 0.05) is 18.9 Å². The molecule has 0 spiro atoms. The zero-order valence-electron chi connectivity index (χ0n) is 9.37. The maximum atomic E-state index is 11.3. The Hall–Kier alpha value is -2.23. The number of rotatable bonds is 4. The van der Waals surface area contributed by atoms with Crippen molar-refractivity contribution in [3.05, 3.63) is 60.4 Å². The fraction of sp³-hybridized carbons (Fsp3) is 0.154. The van der Waals surface area contributed by atoms with Crippen molar-refractivity contribution in [3.8, 4) is 0 Å². The Morgan fingerprint density at radius 1 is 1.12 bits per heavy atom. The van der Waals surface area contributed by atoms with Crippen LogP contribution in [-0.4, -0.2) is 17.4 Å². The van der Waals surface area contributed by atoms with Crippen LogP contribution in [-0.2, 0) is 6.42 Å². The minimum Gasteiger partial charge on any atom is -0.319 e. The van der Waals surface area contributed by atoms with Gasteiger partial charge in [0.1, 0.15) is 0 Å². The van der Waals surface area contributed by atoms with Crippen LogP contribution >= 0.6 is 0 Å². The van der Waals surface area contributed by atoms with Gasteiger partial charge in [-0.3, -0.25) is 0 Å². The highest BCUT2D eigenvalue weighted by Crippen LogP contribution is 1.98. The molecule has 88 valence electrons. The first-order valence-electron chi connectivity index (χ1n) is 5.48. The predicted molar refractivity (Wildman–Crippen MR) is 64.6 cm³/mol. The SMILES string of the molecule is O=C(NCCc1ccccc1)On1cccc1. The lowest BCUT2D eigenvalue weighted by Gasteiger charge is -2.06. The lowest BCUT2D eigenvalue weighted by Crippen LogP contribution is -2.32. The molecule has 2 aromatic rings. The maximum Gasteiger partial charge on any atom is 0.431 e. The van der Waals surface area contributed by atoms with Gasteiger partial charge in [0.15, 0.2) is 0 Å². The molecule has 1 N–H and O–H groups in total. The minimum atomic E-state index is -0.447. The summed E-state index contributed by atoms with van der Waals surface area (Å²) in [6, 6.07) is 13.6. The van der Waals surface area contributed by atoms with Gasteiger partial charge in [0.25, 0.3) is 0 Å². The highest BCUT2D eigenvalue weighted by atomic mass is 16.7. The zero-order valence-corrected chi connectivity index (χ0v) is 9.37. The number of benzene rings is 1. The van der Waals surface area contributed by atoms with Gasteiger partial charge in [0.05, 0.1) is 0 Å². The van der Waals surface area contributed by atoms with Crippen LogP contribution in [0.5, 0.6) is 0 Å². The largest absolute Gasteiger partial charge is 0.431 e. The summed E-state index contributed by atoms with van der Waals surface area (Å²) in [6.45, 7) is 0.560. The van der Waals surface area contributed by atoms with Crippen LogP contribution in [0.3, 0.4) is 0 Å². The summed E-state index contributed by atoms with van der Waals surface area (Å²) >= 11 is 0. The lowest BCUT2D eigenvalue weighted by atomic mass is 10.1. The molecule has 0 bridgehead atoms. The van der Waals surface area contributed by atoms with E-state index in [1.54, 1.807) is 24.5 Å². The summed E-state index contributed by atoms with van der Waals surface area (Å²) in [7, 11) is 0. The number of amides is 1. The van der Waals surface area contributed by atoms with Crippen molar-refractivity contribution in [1.82, 2.24) is 10.0 Å². The molecule has 1 aromatic carbocycles. The van der Waals surface area contributed by atoms with Gasteiger partial charge in [-0.25, -0.2) is 4.79 Å². The topological polar surface area (TPSA) is 43.3 Å². The van der Waals surface area contributed by atoms with E-state index in [1.807, 2.05) is 30.3 Å². The Morgan fingerprint density at radius 2 is 1.82 bits per heavy atom. The van der Waals surface area contributed by atoms with Gasteiger partial charge in [-0.1, -0.05) is 30.3 Å². The van der Waals surface area contributed by atoms with E-state index in [1.165, 1.54) is 10.3 Å². The Kier molecular flexibility index (Phi) is 3.81. The zero-order chi connectivity index (χ0) is 11.9. The van der Waals surface area contributed by atoms with E-state index >= 15 is 0 Å². The van der Waals surface area contributed by atoms with Crippen molar-refractivity contribution >= 4 is 6.09 Å². The number of carbonyl (C=O) groups excluding carboxylic acids is 1. The third-order valence-corrected chi connectivity index (χ3v) is 2.29. The van der Waals surface area contributed by atoms with Gasteiger partial charge in [0.2, 0.25) is 0 Å². The first-order chi connectivity index (χ1) is 8.34. The molecule has 2 rings (SSSR count). The molecule has 0 radical (unpaired) electrons. The minimum absolute atomic E-state index is 0.447. The summed E-state index contributed by atoms with van der Waals surface area (Å²) in [5, 5.41) is 2.69. The molecule has 0 aliphatic rings. The molecule has 1 amide bonds. The Morgan fingerprint density at radius 3 is 2.53 bits per heavy atom. The maximum absolute atomic E-state index is 11.3. The quantitative estimate of drug-likeness (QED) is 0.871. The molecule has 4 heteroatoms. The van der Waals surface area contributed by atoms with E-state index in [0.29, 0.717) is 6.54 Å². The number of nitrogens with zero attached hydrogens (tertiary/aromatic N) is 1. The van der Waals surface area contributed by atoms with Crippen LogP contribution in [0.1, 0.15) is 5.56 Å². The fourth-order valence-corrected chi connectivity index (χ4v) is 1.46. The standard InChI is InChI=1S/C13H14N2O2/c16-13(17-15-10-4-5-11-15)14-9-8-12-6-2-1-3-7-12/h1-7,10-11H,8-9H2,(H,14,16). The van der Waals surface area contributed by atoms with Crippen LogP contribution in [0.15, 0.2) is 54.9 Å². The molecular formula is C13H14N2O2. The predicted octanol–water partition coefficient (Wildman–Crippen LogP) is 1.87. The third-order valence-electron chi connectivity index (χ3n) is 2.29. The monoisotopic (exact) mass is 230 g/mol. The van der Waals surface area contributed by atoms with Crippen molar-refractivity contribution in [3.63, 3.8) is 0 Å². The molecule has 0 atom stereocenters. The summed E-state index contributed by atoms with van der Waals surface area (Å²) in [5.41, 5.74) is 1.19. The molecule has 0 aliphatic carbocycles.